The molecule has 0 saturated carbocycles. The van der Waals surface area contributed by atoms with E-state index in [-0.39, 0.29) is 0 Å². The highest BCUT2D eigenvalue weighted by molar-refractivity contribution is 6.35. The monoisotopic (exact) mass is 286 g/mol. The first-order chi connectivity index (χ1) is 8.75. The lowest BCUT2D eigenvalue weighted by Gasteiger charge is -2.22. The maximum Gasteiger partial charge on any atom is 0.0453 e. The van der Waals surface area contributed by atoms with Gasteiger partial charge >= 0.3 is 0 Å². The molecule has 0 atom stereocenters. The van der Waals surface area contributed by atoms with Crippen LogP contribution in [-0.4, -0.2) is 26.2 Å². The highest BCUT2D eigenvalue weighted by Gasteiger charge is 2.11. The van der Waals surface area contributed by atoms with Crippen LogP contribution in [0.25, 0.3) is 0 Å². The Kier molecular flexibility index (Phi) is 5.77. The lowest BCUT2D eigenvalue weighted by Crippen LogP contribution is -2.34. The summed E-state index contributed by atoms with van der Waals surface area (Å²) in [6.07, 6.45) is 3.53. The van der Waals surface area contributed by atoms with Crippen molar-refractivity contribution in [3.05, 3.63) is 33.8 Å². The normalized spacial score (nSPS) is 17.0. The lowest BCUT2D eigenvalue weighted by atomic mass is 9.98. The Morgan fingerprint density at radius 1 is 1.22 bits per heavy atom. The van der Waals surface area contributed by atoms with Crippen molar-refractivity contribution < 1.29 is 0 Å². The molecule has 1 heterocycles. The van der Waals surface area contributed by atoms with Crippen molar-refractivity contribution in [3.8, 4) is 0 Å². The number of rotatable bonds is 5. The smallest absolute Gasteiger partial charge is 0.0453 e. The second kappa shape index (κ2) is 7.34. The first-order valence-electron chi connectivity index (χ1n) is 6.61. The molecule has 0 aromatic heterocycles. The third-order valence-electron chi connectivity index (χ3n) is 3.48. The van der Waals surface area contributed by atoms with Gasteiger partial charge in [-0.15, -0.1) is 0 Å². The van der Waals surface area contributed by atoms with Crippen LogP contribution in [0.15, 0.2) is 18.2 Å². The lowest BCUT2D eigenvalue weighted by molar-refractivity contribution is 0.358. The molecule has 1 saturated heterocycles. The number of halogens is 2. The van der Waals surface area contributed by atoms with Crippen molar-refractivity contribution in [1.29, 1.82) is 0 Å². The van der Waals surface area contributed by atoms with Crippen LogP contribution in [0.2, 0.25) is 10.0 Å². The Bertz CT molecular complexity index is 376. The number of hydrogen-bond acceptors (Lipinski definition) is 2. The molecule has 1 aliphatic rings. The molecule has 100 valence electrons. The van der Waals surface area contributed by atoms with E-state index in [1.165, 1.54) is 18.4 Å². The molecule has 0 spiro atoms. The third kappa shape index (κ3) is 4.43. The number of hydrogen-bond donors (Lipinski definition) is 2. The Hall–Kier alpha value is -0.280. The van der Waals surface area contributed by atoms with Crippen molar-refractivity contribution in [2.24, 2.45) is 5.92 Å². The van der Waals surface area contributed by atoms with Crippen LogP contribution in [0.1, 0.15) is 18.4 Å². The minimum absolute atomic E-state index is 0.700. The highest BCUT2D eigenvalue weighted by Crippen LogP contribution is 2.21. The van der Waals surface area contributed by atoms with Gasteiger partial charge in [-0.05, 0) is 69.1 Å². The van der Waals surface area contributed by atoms with Crippen LogP contribution in [-0.2, 0) is 6.42 Å². The summed E-state index contributed by atoms with van der Waals surface area (Å²) in [6, 6.07) is 5.72. The summed E-state index contributed by atoms with van der Waals surface area (Å²) in [6.45, 7) is 4.42. The first-order valence-corrected chi connectivity index (χ1v) is 7.36. The largest absolute Gasteiger partial charge is 0.317 e. The molecule has 0 amide bonds. The van der Waals surface area contributed by atoms with Crippen molar-refractivity contribution in [2.75, 3.05) is 26.2 Å². The molecule has 2 rings (SSSR count). The zero-order valence-corrected chi connectivity index (χ0v) is 12.0. The second-order valence-electron chi connectivity index (χ2n) is 4.88. The van der Waals surface area contributed by atoms with Crippen molar-refractivity contribution in [1.82, 2.24) is 10.6 Å². The fourth-order valence-electron chi connectivity index (χ4n) is 2.34. The van der Waals surface area contributed by atoms with E-state index < -0.39 is 0 Å². The topological polar surface area (TPSA) is 24.1 Å². The summed E-state index contributed by atoms with van der Waals surface area (Å²) in [5.74, 6) is 0.826. The van der Waals surface area contributed by atoms with E-state index in [2.05, 4.69) is 10.6 Å². The van der Waals surface area contributed by atoms with E-state index in [0.29, 0.717) is 5.02 Å². The molecule has 0 radical (unpaired) electrons. The number of nitrogens with one attached hydrogen (secondary N) is 2. The molecular weight excluding hydrogens is 267 g/mol. The van der Waals surface area contributed by atoms with Gasteiger partial charge in [0.2, 0.25) is 0 Å². The fourth-order valence-corrected chi connectivity index (χ4v) is 2.84. The van der Waals surface area contributed by atoms with Crippen LogP contribution in [0.4, 0.5) is 0 Å². The van der Waals surface area contributed by atoms with E-state index in [4.69, 9.17) is 23.2 Å². The van der Waals surface area contributed by atoms with Gasteiger partial charge in [-0.25, -0.2) is 0 Å². The predicted octanol–water partition coefficient (Wildman–Crippen LogP) is 3.13. The first kappa shape index (κ1) is 14.1. The average molecular weight is 287 g/mol. The van der Waals surface area contributed by atoms with Crippen LogP contribution in [0.3, 0.4) is 0 Å². The molecule has 1 aromatic carbocycles. The summed E-state index contributed by atoms with van der Waals surface area (Å²) in [4.78, 5) is 0. The van der Waals surface area contributed by atoms with Crippen LogP contribution in [0, 0.1) is 5.92 Å². The standard InChI is InChI=1S/C14H20Cl2N2/c15-13-2-1-12(14(16)9-13)5-8-18-10-11-3-6-17-7-4-11/h1-2,9,11,17-18H,3-8,10H2. The number of piperidine rings is 1. The van der Waals surface area contributed by atoms with Gasteiger partial charge < -0.3 is 10.6 Å². The van der Waals surface area contributed by atoms with Crippen LogP contribution < -0.4 is 10.6 Å². The van der Waals surface area contributed by atoms with E-state index >= 15 is 0 Å². The molecule has 0 aliphatic carbocycles. The van der Waals surface area contributed by atoms with Crippen molar-refractivity contribution in [2.45, 2.75) is 19.3 Å². The summed E-state index contributed by atoms with van der Waals surface area (Å²) in [5.41, 5.74) is 1.17. The minimum atomic E-state index is 0.700. The molecule has 0 bridgehead atoms. The van der Waals surface area contributed by atoms with Gasteiger partial charge in [0.15, 0.2) is 0 Å². The zero-order chi connectivity index (χ0) is 12.8. The van der Waals surface area contributed by atoms with Gasteiger partial charge in [0.25, 0.3) is 0 Å². The molecule has 2 N–H and O–H groups in total. The van der Waals surface area contributed by atoms with E-state index in [9.17, 15) is 0 Å². The Morgan fingerprint density at radius 2 is 2.00 bits per heavy atom. The van der Waals surface area contributed by atoms with Gasteiger partial charge in [0, 0.05) is 10.0 Å². The van der Waals surface area contributed by atoms with Gasteiger partial charge in [0.1, 0.15) is 0 Å². The second-order valence-corrected chi connectivity index (χ2v) is 5.73. The van der Waals surface area contributed by atoms with E-state index in [0.717, 1.165) is 43.5 Å². The van der Waals surface area contributed by atoms with Gasteiger partial charge in [-0.2, -0.15) is 0 Å². The Balaban J connectivity index is 1.68. The molecule has 1 aliphatic heterocycles. The molecular formula is C14H20Cl2N2. The zero-order valence-electron chi connectivity index (χ0n) is 10.5. The molecule has 1 fully saturated rings. The fraction of sp³-hybridized carbons (Fsp3) is 0.571. The van der Waals surface area contributed by atoms with Gasteiger partial charge in [-0.1, -0.05) is 29.3 Å². The Morgan fingerprint density at radius 3 is 2.72 bits per heavy atom. The molecule has 1 aromatic rings. The summed E-state index contributed by atoms with van der Waals surface area (Å²) in [5, 5.41) is 8.38. The van der Waals surface area contributed by atoms with Crippen molar-refractivity contribution >= 4 is 23.2 Å². The predicted molar refractivity (Wildman–Crippen MR) is 78.6 cm³/mol. The van der Waals surface area contributed by atoms with Crippen molar-refractivity contribution in [3.63, 3.8) is 0 Å². The Labute approximate surface area is 119 Å². The maximum atomic E-state index is 6.14. The van der Waals surface area contributed by atoms with Gasteiger partial charge in [0.05, 0.1) is 0 Å². The molecule has 0 unspecified atom stereocenters. The van der Waals surface area contributed by atoms with E-state index in [1.807, 2.05) is 18.2 Å². The maximum absolute atomic E-state index is 6.14. The van der Waals surface area contributed by atoms with Crippen LogP contribution >= 0.6 is 23.2 Å². The SMILES string of the molecule is Clc1ccc(CCNCC2CCNCC2)c(Cl)c1. The average Bonchev–Trinajstić information content (AvgIpc) is 2.38. The molecule has 2 nitrogen and oxygen atoms in total. The summed E-state index contributed by atoms with van der Waals surface area (Å²) in [7, 11) is 0. The van der Waals surface area contributed by atoms with E-state index in [1.54, 1.807) is 0 Å². The number of benzene rings is 1. The minimum Gasteiger partial charge on any atom is -0.317 e. The van der Waals surface area contributed by atoms with Gasteiger partial charge in [-0.3, -0.25) is 0 Å². The quantitative estimate of drug-likeness (QED) is 0.813. The molecule has 18 heavy (non-hydrogen) atoms. The highest BCUT2D eigenvalue weighted by atomic mass is 35.5. The summed E-state index contributed by atoms with van der Waals surface area (Å²) >= 11 is 12.0. The summed E-state index contributed by atoms with van der Waals surface area (Å²) < 4.78 is 0. The molecule has 4 heteroatoms. The third-order valence-corrected chi connectivity index (χ3v) is 4.06. The van der Waals surface area contributed by atoms with Crippen LogP contribution in [0.5, 0.6) is 0 Å².